The molecule has 0 radical (unpaired) electrons. The van der Waals surface area contributed by atoms with E-state index < -0.39 is 28.6 Å². The first kappa shape index (κ1) is 28.1. The number of rotatable bonds is 7. The molecule has 0 fully saturated rings. The van der Waals surface area contributed by atoms with Crippen molar-refractivity contribution in [3.05, 3.63) is 82.4 Å². The van der Waals surface area contributed by atoms with Gasteiger partial charge in [0.25, 0.3) is 0 Å². The standard InChI is InChI=1S/C30H37N5O4S/c1-6-23(30(36)37)28(24-13-14-26-29(20(24)3)31-32-34(26)5)21-12-11-19(2)22(17-21)18-35-16-15-33(4)25-9-7-8-10-27(25)40(35,38)39/h7-14,17,23,28,38-39H,6,15-16,18H2,1-5H3,(H,36,37). The predicted molar refractivity (Wildman–Crippen MR) is 159 cm³/mol. The van der Waals surface area contributed by atoms with Crippen LogP contribution in [0.15, 0.2) is 59.5 Å². The Balaban J connectivity index is 1.59. The van der Waals surface area contributed by atoms with Gasteiger partial charge in [-0.25, -0.2) is 4.68 Å². The highest BCUT2D eigenvalue weighted by molar-refractivity contribution is 8.22. The summed E-state index contributed by atoms with van der Waals surface area (Å²) in [4.78, 5) is 15.1. The number of aliphatic carboxylic acids is 1. The summed E-state index contributed by atoms with van der Waals surface area (Å²) in [5.41, 5.74) is 7.12. The van der Waals surface area contributed by atoms with E-state index in [-0.39, 0.29) is 0 Å². The number of aromatic nitrogens is 3. The molecule has 40 heavy (non-hydrogen) atoms. The lowest BCUT2D eigenvalue weighted by Crippen LogP contribution is -2.31. The monoisotopic (exact) mass is 563 g/mol. The fourth-order valence-electron chi connectivity index (χ4n) is 5.83. The van der Waals surface area contributed by atoms with Gasteiger partial charge in [0.2, 0.25) is 0 Å². The molecule has 1 aliphatic heterocycles. The maximum Gasteiger partial charge on any atom is 0.307 e. The summed E-state index contributed by atoms with van der Waals surface area (Å²) < 4.78 is 26.4. The van der Waals surface area contributed by atoms with Gasteiger partial charge in [0.05, 0.1) is 22.0 Å². The van der Waals surface area contributed by atoms with Crippen LogP contribution in [0.5, 0.6) is 0 Å². The summed E-state index contributed by atoms with van der Waals surface area (Å²) in [6.07, 6.45) is 0.455. The van der Waals surface area contributed by atoms with Crippen molar-refractivity contribution in [3.8, 4) is 0 Å². The van der Waals surface area contributed by atoms with Crippen molar-refractivity contribution < 1.29 is 19.0 Å². The van der Waals surface area contributed by atoms with Gasteiger partial charge in [0, 0.05) is 39.6 Å². The number of aryl methyl sites for hydroxylation is 3. The molecular formula is C30H37N5O4S. The van der Waals surface area contributed by atoms with Crippen LogP contribution in [0.25, 0.3) is 11.0 Å². The lowest BCUT2D eigenvalue weighted by Gasteiger charge is -2.42. The maximum absolute atomic E-state index is 12.5. The normalized spacial score (nSPS) is 17.7. The number of nitrogens with zero attached hydrogens (tertiary/aromatic N) is 5. The Hall–Kier alpha value is -3.44. The quantitative estimate of drug-likeness (QED) is 0.258. The molecule has 0 aliphatic carbocycles. The molecule has 0 saturated heterocycles. The molecule has 5 rings (SSSR count). The van der Waals surface area contributed by atoms with Crippen molar-refractivity contribution in [1.29, 1.82) is 0 Å². The van der Waals surface area contributed by atoms with Crippen LogP contribution in [0.2, 0.25) is 0 Å². The van der Waals surface area contributed by atoms with Crippen LogP contribution in [0, 0.1) is 19.8 Å². The van der Waals surface area contributed by atoms with Crippen molar-refractivity contribution >= 4 is 33.5 Å². The van der Waals surface area contributed by atoms with Crippen LogP contribution in [0.3, 0.4) is 0 Å². The van der Waals surface area contributed by atoms with Crippen LogP contribution in [0.4, 0.5) is 5.69 Å². The van der Waals surface area contributed by atoms with E-state index in [1.54, 1.807) is 15.1 Å². The average molecular weight is 564 g/mol. The minimum Gasteiger partial charge on any atom is -0.481 e. The zero-order chi connectivity index (χ0) is 28.8. The minimum atomic E-state index is -3.24. The van der Waals surface area contributed by atoms with E-state index >= 15 is 0 Å². The van der Waals surface area contributed by atoms with E-state index in [1.165, 1.54) is 0 Å². The number of carbonyl (C=O) groups is 1. The Morgan fingerprint density at radius 3 is 2.52 bits per heavy atom. The van der Waals surface area contributed by atoms with Gasteiger partial charge in [-0.2, -0.15) is 4.31 Å². The van der Waals surface area contributed by atoms with Crippen LogP contribution in [-0.2, 0) is 18.4 Å². The fourth-order valence-corrected chi connectivity index (χ4v) is 7.53. The lowest BCUT2D eigenvalue weighted by molar-refractivity contribution is -0.142. The number of anilines is 1. The molecule has 1 aromatic heterocycles. The van der Waals surface area contributed by atoms with E-state index in [4.69, 9.17) is 0 Å². The number of hydrogen-bond acceptors (Lipinski definition) is 7. The number of carboxylic acids is 1. The Kier molecular flexibility index (Phi) is 7.62. The number of carboxylic acid groups (broad SMARTS) is 1. The van der Waals surface area contributed by atoms with Gasteiger partial charge < -0.3 is 10.0 Å². The molecular weight excluding hydrogens is 526 g/mol. The molecule has 2 atom stereocenters. The summed E-state index contributed by atoms with van der Waals surface area (Å²) in [7, 11) is 0.565. The first-order valence-electron chi connectivity index (χ1n) is 13.5. The van der Waals surface area contributed by atoms with Crippen molar-refractivity contribution in [3.63, 3.8) is 0 Å². The molecule has 10 heteroatoms. The van der Waals surface area contributed by atoms with Gasteiger partial charge in [0.15, 0.2) is 0 Å². The number of para-hydroxylation sites is 1. The third-order valence-electron chi connectivity index (χ3n) is 8.27. The minimum absolute atomic E-state index is 0.322. The number of benzene rings is 3. The lowest BCUT2D eigenvalue weighted by atomic mass is 9.77. The van der Waals surface area contributed by atoms with Crippen LogP contribution in [-0.4, -0.2) is 59.6 Å². The SMILES string of the molecule is CCC(C(=O)O)C(c1ccc(C)c(CN2CCN(C)c3ccccc3S2(O)O)c1)c1ccc2c(nnn2C)c1C. The molecule has 0 amide bonds. The first-order valence-corrected chi connectivity index (χ1v) is 15.0. The molecule has 2 unspecified atom stereocenters. The highest BCUT2D eigenvalue weighted by Crippen LogP contribution is 2.57. The van der Waals surface area contributed by atoms with Crippen LogP contribution >= 0.6 is 10.8 Å². The molecule has 0 spiro atoms. The molecule has 9 nitrogen and oxygen atoms in total. The Bertz CT molecular complexity index is 1570. The second kappa shape index (κ2) is 10.9. The van der Waals surface area contributed by atoms with Gasteiger partial charge in [0.1, 0.15) is 5.52 Å². The van der Waals surface area contributed by atoms with Crippen molar-refractivity contribution in [2.75, 3.05) is 25.0 Å². The zero-order valence-electron chi connectivity index (χ0n) is 23.6. The van der Waals surface area contributed by atoms with Crippen LogP contribution in [0.1, 0.15) is 47.1 Å². The highest BCUT2D eigenvalue weighted by atomic mass is 32.3. The third-order valence-corrected chi connectivity index (χ3v) is 10.2. The highest BCUT2D eigenvalue weighted by Gasteiger charge is 2.34. The molecule has 0 saturated carbocycles. The summed E-state index contributed by atoms with van der Waals surface area (Å²) in [6, 6.07) is 17.4. The number of hydrogen-bond donors (Lipinski definition) is 3. The van der Waals surface area contributed by atoms with E-state index in [0.717, 1.165) is 44.5 Å². The number of likely N-dealkylation sites (N-methyl/N-ethyl adjacent to an activating group) is 1. The summed E-state index contributed by atoms with van der Waals surface area (Å²) in [5, 5.41) is 18.8. The average Bonchev–Trinajstić information content (AvgIpc) is 3.28. The topological polar surface area (TPSA) is 115 Å². The summed E-state index contributed by atoms with van der Waals surface area (Å²) in [6.45, 7) is 7.31. The van der Waals surface area contributed by atoms with Gasteiger partial charge in [-0.1, -0.05) is 48.5 Å². The molecule has 4 aromatic rings. The number of fused-ring (bicyclic) bond motifs is 2. The maximum atomic E-state index is 12.5. The fraction of sp³-hybridized carbons (Fsp3) is 0.367. The largest absolute Gasteiger partial charge is 0.481 e. The van der Waals surface area contributed by atoms with E-state index in [2.05, 4.69) is 10.3 Å². The first-order chi connectivity index (χ1) is 19.0. The predicted octanol–water partition coefficient (Wildman–Crippen LogP) is 5.80. The van der Waals surface area contributed by atoms with Crippen molar-refractivity contribution in [2.45, 2.75) is 44.6 Å². The van der Waals surface area contributed by atoms with Gasteiger partial charge >= 0.3 is 5.97 Å². The smallest absolute Gasteiger partial charge is 0.307 e. The molecule has 1 aliphatic rings. The molecule has 3 N–H and O–H groups in total. The van der Waals surface area contributed by atoms with E-state index in [9.17, 15) is 19.0 Å². The second-order valence-corrected chi connectivity index (χ2v) is 12.6. The van der Waals surface area contributed by atoms with Gasteiger partial charge in [-0.15, -0.1) is 15.9 Å². The van der Waals surface area contributed by atoms with E-state index in [0.29, 0.717) is 31.0 Å². The third kappa shape index (κ3) is 4.85. The van der Waals surface area contributed by atoms with Crippen LogP contribution < -0.4 is 4.90 Å². The van der Waals surface area contributed by atoms with Gasteiger partial charge in [-0.05, 0) is 66.3 Å². The summed E-state index contributed by atoms with van der Waals surface area (Å²) >= 11 is 0. The molecule has 3 aromatic carbocycles. The molecule has 0 bridgehead atoms. The van der Waals surface area contributed by atoms with Crippen molar-refractivity contribution in [2.24, 2.45) is 13.0 Å². The zero-order valence-corrected chi connectivity index (χ0v) is 24.4. The Morgan fingerprint density at radius 1 is 1.05 bits per heavy atom. The summed E-state index contributed by atoms with van der Waals surface area (Å²) in [5.74, 6) is -1.92. The van der Waals surface area contributed by atoms with Gasteiger partial charge in [-0.3, -0.25) is 13.9 Å². The van der Waals surface area contributed by atoms with Crippen molar-refractivity contribution in [1.82, 2.24) is 19.3 Å². The Labute approximate surface area is 236 Å². The molecule has 2 heterocycles. The van der Waals surface area contributed by atoms with E-state index in [1.807, 2.05) is 88.3 Å². The molecule has 212 valence electrons. The second-order valence-electron chi connectivity index (χ2n) is 10.6. The Morgan fingerprint density at radius 2 is 1.80 bits per heavy atom.